The molecule has 17 heavy (non-hydrogen) atoms. The highest BCUT2D eigenvalue weighted by atomic mass is 79.9. The molecule has 1 unspecified atom stereocenters. The summed E-state index contributed by atoms with van der Waals surface area (Å²) in [5, 5.41) is 14.0. The Morgan fingerprint density at radius 2 is 2.12 bits per heavy atom. The molecule has 1 N–H and O–H groups in total. The van der Waals surface area contributed by atoms with Gasteiger partial charge in [0, 0.05) is 30.5 Å². The molecule has 0 aliphatic heterocycles. The van der Waals surface area contributed by atoms with Gasteiger partial charge in [0.05, 0.1) is 6.10 Å². The number of aliphatic hydroxyl groups is 1. The van der Waals surface area contributed by atoms with Crippen molar-refractivity contribution < 1.29 is 5.11 Å². The summed E-state index contributed by atoms with van der Waals surface area (Å²) in [4.78, 5) is 1.16. The predicted octanol–water partition coefficient (Wildman–Crippen LogP) is 5.10. The van der Waals surface area contributed by atoms with E-state index in [-0.39, 0.29) is 0 Å². The third-order valence-electron chi connectivity index (χ3n) is 2.21. The van der Waals surface area contributed by atoms with E-state index >= 15 is 0 Å². The number of hydrogen-bond donors (Lipinski definition) is 1. The van der Waals surface area contributed by atoms with Gasteiger partial charge in [-0.3, -0.25) is 0 Å². The van der Waals surface area contributed by atoms with E-state index in [1.807, 2.05) is 29.0 Å². The number of thiophene rings is 1. The third-order valence-corrected chi connectivity index (χ3v) is 5.52. The average molecular weight is 394 g/mol. The SMILES string of the molecule is OC(CSc1cccc(Br)c1)c1cscc1Br. The minimum atomic E-state index is -0.431. The number of rotatable bonds is 4. The van der Waals surface area contributed by atoms with Gasteiger partial charge in [-0.1, -0.05) is 22.0 Å². The van der Waals surface area contributed by atoms with Crippen molar-refractivity contribution in [2.24, 2.45) is 0 Å². The Balaban J connectivity index is 1.97. The first kappa shape index (κ1) is 13.6. The van der Waals surface area contributed by atoms with Crippen LogP contribution in [0.1, 0.15) is 11.7 Å². The Hall–Kier alpha value is 0.190. The molecule has 0 bridgehead atoms. The lowest BCUT2D eigenvalue weighted by Crippen LogP contribution is -1.99. The maximum atomic E-state index is 10.1. The molecule has 0 radical (unpaired) electrons. The van der Waals surface area contributed by atoms with Crippen LogP contribution in [0.2, 0.25) is 0 Å². The number of hydrogen-bond acceptors (Lipinski definition) is 3. The van der Waals surface area contributed by atoms with Gasteiger partial charge in [0.25, 0.3) is 0 Å². The molecule has 0 saturated carbocycles. The fourth-order valence-electron chi connectivity index (χ4n) is 1.35. The second kappa shape index (κ2) is 6.38. The van der Waals surface area contributed by atoms with Crippen molar-refractivity contribution in [3.05, 3.63) is 49.5 Å². The first-order chi connectivity index (χ1) is 8.16. The lowest BCUT2D eigenvalue weighted by molar-refractivity contribution is 0.204. The standard InChI is InChI=1S/C12H10Br2OS2/c13-8-2-1-3-9(4-8)17-7-12(15)10-5-16-6-11(10)14/h1-6,12,15H,7H2. The van der Waals surface area contributed by atoms with Crippen molar-refractivity contribution in [1.29, 1.82) is 0 Å². The summed E-state index contributed by atoms with van der Waals surface area (Å²) in [5.74, 6) is 0.659. The van der Waals surface area contributed by atoms with Crippen LogP contribution < -0.4 is 0 Å². The molecule has 1 aromatic carbocycles. The van der Waals surface area contributed by atoms with Crippen molar-refractivity contribution >= 4 is 55.0 Å². The van der Waals surface area contributed by atoms with E-state index in [2.05, 4.69) is 37.9 Å². The topological polar surface area (TPSA) is 20.2 Å². The van der Waals surface area contributed by atoms with E-state index in [9.17, 15) is 5.11 Å². The zero-order valence-electron chi connectivity index (χ0n) is 8.77. The Bertz CT molecular complexity index is 499. The van der Waals surface area contributed by atoms with Crippen LogP contribution in [0.3, 0.4) is 0 Å². The molecule has 0 aliphatic rings. The van der Waals surface area contributed by atoms with Crippen LogP contribution in [0, 0.1) is 0 Å². The maximum Gasteiger partial charge on any atom is 0.0902 e. The maximum absolute atomic E-state index is 10.1. The molecule has 1 nitrogen and oxygen atoms in total. The van der Waals surface area contributed by atoms with Crippen molar-refractivity contribution in [2.75, 3.05) is 5.75 Å². The first-order valence-electron chi connectivity index (χ1n) is 4.95. The highest BCUT2D eigenvalue weighted by Gasteiger charge is 2.12. The van der Waals surface area contributed by atoms with Crippen LogP contribution in [-0.4, -0.2) is 10.9 Å². The molecule has 1 atom stereocenters. The van der Waals surface area contributed by atoms with E-state index in [1.165, 1.54) is 0 Å². The summed E-state index contributed by atoms with van der Waals surface area (Å²) in [5.41, 5.74) is 0.970. The van der Waals surface area contributed by atoms with Crippen LogP contribution in [0.25, 0.3) is 0 Å². The van der Waals surface area contributed by atoms with E-state index in [0.29, 0.717) is 5.75 Å². The summed E-state index contributed by atoms with van der Waals surface area (Å²) < 4.78 is 2.05. The fourth-order valence-corrected chi connectivity index (χ4v) is 4.42. The van der Waals surface area contributed by atoms with Gasteiger partial charge in [-0.15, -0.1) is 11.8 Å². The lowest BCUT2D eigenvalue weighted by Gasteiger charge is -2.09. The van der Waals surface area contributed by atoms with Gasteiger partial charge in [-0.2, -0.15) is 11.3 Å². The van der Waals surface area contributed by atoms with Gasteiger partial charge in [0.2, 0.25) is 0 Å². The van der Waals surface area contributed by atoms with E-state index < -0.39 is 6.10 Å². The molecule has 0 fully saturated rings. The average Bonchev–Trinajstić information content (AvgIpc) is 2.72. The number of benzene rings is 1. The van der Waals surface area contributed by atoms with E-state index in [0.717, 1.165) is 19.4 Å². The molecule has 2 rings (SSSR count). The van der Waals surface area contributed by atoms with Crippen LogP contribution in [-0.2, 0) is 0 Å². The fraction of sp³-hybridized carbons (Fsp3) is 0.167. The van der Waals surface area contributed by atoms with Crippen molar-refractivity contribution in [3.8, 4) is 0 Å². The summed E-state index contributed by atoms with van der Waals surface area (Å²) >= 11 is 10.1. The predicted molar refractivity (Wildman–Crippen MR) is 81.8 cm³/mol. The van der Waals surface area contributed by atoms with Crippen LogP contribution >= 0.6 is 55.0 Å². The number of halogens is 2. The Morgan fingerprint density at radius 1 is 1.29 bits per heavy atom. The zero-order chi connectivity index (χ0) is 12.3. The Morgan fingerprint density at radius 3 is 2.76 bits per heavy atom. The summed E-state index contributed by atoms with van der Waals surface area (Å²) in [7, 11) is 0. The molecule has 1 aromatic heterocycles. The highest BCUT2D eigenvalue weighted by molar-refractivity contribution is 9.10. The monoisotopic (exact) mass is 392 g/mol. The summed E-state index contributed by atoms with van der Waals surface area (Å²) in [6.07, 6.45) is -0.431. The van der Waals surface area contributed by atoms with Crippen molar-refractivity contribution in [2.45, 2.75) is 11.0 Å². The smallest absolute Gasteiger partial charge is 0.0902 e. The minimum Gasteiger partial charge on any atom is -0.387 e. The quantitative estimate of drug-likeness (QED) is 0.729. The minimum absolute atomic E-state index is 0.431. The summed E-state index contributed by atoms with van der Waals surface area (Å²) in [6, 6.07) is 8.10. The highest BCUT2D eigenvalue weighted by Crippen LogP contribution is 2.31. The third kappa shape index (κ3) is 3.83. The summed E-state index contributed by atoms with van der Waals surface area (Å²) in [6.45, 7) is 0. The first-order valence-corrected chi connectivity index (χ1v) is 8.46. The number of thioether (sulfide) groups is 1. The largest absolute Gasteiger partial charge is 0.387 e. The molecule has 0 spiro atoms. The molecule has 0 saturated heterocycles. The van der Waals surface area contributed by atoms with Crippen LogP contribution in [0.5, 0.6) is 0 Å². The van der Waals surface area contributed by atoms with Gasteiger partial charge in [0.1, 0.15) is 0 Å². The van der Waals surface area contributed by atoms with Crippen LogP contribution in [0.15, 0.2) is 48.9 Å². The van der Waals surface area contributed by atoms with Crippen LogP contribution in [0.4, 0.5) is 0 Å². The van der Waals surface area contributed by atoms with E-state index in [4.69, 9.17) is 0 Å². The van der Waals surface area contributed by atoms with Crippen molar-refractivity contribution in [1.82, 2.24) is 0 Å². The van der Waals surface area contributed by atoms with Crippen molar-refractivity contribution in [3.63, 3.8) is 0 Å². The molecule has 2 aromatic rings. The van der Waals surface area contributed by atoms with Gasteiger partial charge in [0.15, 0.2) is 0 Å². The lowest BCUT2D eigenvalue weighted by atomic mass is 10.2. The normalized spacial score (nSPS) is 12.6. The molecule has 0 aliphatic carbocycles. The molecule has 1 heterocycles. The second-order valence-electron chi connectivity index (χ2n) is 3.46. The molecular formula is C12H10Br2OS2. The molecule has 5 heteroatoms. The molecule has 0 amide bonds. The van der Waals surface area contributed by atoms with Gasteiger partial charge >= 0.3 is 0 Å². The molecule has 90 valence electrons. The molecular weight excluding hydrogens is 384 g/mol. The van der Waals surface area contributed by atoms with E-state index in [1.54, 1.807) is 23.1 Å². The Labute approximate surface area is 126 Å². The Kier molecular flexibility index (Phi) is 5.11. The second-order valence-corrected chi connectivity index (χ2v) is 7.07. The van der Waals surface area contributed by atoms with Gasteiger partial charge < -0.3 is 5.11 Å². The van der Waals surface area contributed by atoms with Gasteiger partial charge in [-0.05, 0) is 39.5 Å². The zero-order valence-corrected chi connectivity index (χ0v) is 13.6. The number of aliphatic hydroxyl groups excluding tert-OH is 1. The van der Waals surface area contributed by atoms with Gasteiger partial charge in [-0.25, -0.2) is 0 Å².